The molecule has 0 spiro atoms. The zero-order valence-electron chi connectivity index (χ0n) is 12.9. The van der Waals surface area contributed by atoms with Crippen LogP contribution in [0.1, 0.15) is 36.8 Å². The average molecular weight is 274 g/mol. The number of nitrogens with one attached hydrogen (secondary N) is 1. The molecule has 0 bridgehead atoms. The molecular formula is C17H26N2O. The summed E-state index contributed by atoms with van der Waals surface area (Å²) >= 11 is 0. The topological polar surface area (TPSA) is 32.3 Å². The predicted molar refractivity (Wildman–Crippen MR) is 82.8 cm³/mol. The minimum atomic E-state index is 0.298. The van der Waals surface area contributed by atoms with E-state index in [9.17, 15) is 4.79 Å². The van der Waals surface area contributed by atoms with Crippen molar-refractivity contribution in [3.63, 3.8) is 0 Å². The van der Waals surface area contributed by atoms with Crippen molar-refractivity contribution < 1.29 is 4.79 Å². The minimum absolute atomic E-state index is 0.298. The number of carbonyl (C=O) groups excluding carboxylic acids is 1. The van der Waals surface area contributed by atoms with E-state index in [1.54, 1.807) is 0 Å². The van der Waals surface area contributed by atoms with Crippen molar-refractivity contribution in [1.82, 2.24) is 10.2 Å². The minimum Gasteiger partial charge on any atom is -0.342 e. The van der Waals surface area contributed by atoms with Gasteiger partial charge in [0, 0.05) is 19.5 Å². The number of hydrogen-bond donors (Lipinski definition) is 1. The molecule has 1 N–H and O–H groups in total. The van der Waals surface area contributed by atoms with E-state index in [0.717, 1.165) is 26.1 Å². The molecular weight excluding hydrogens is 248 g/mol. The molecule has 1 aliphatic heterocycles. The Bertz CT molecular complexity index is 458. The van der Waals surface area contributed by atoms with Gasteiger partial charge in [0.05, 0.1) is 0 Å². The Labute approximate surface area is 122 Å². The van der Waals surface area contributed by atoms with Gasteiger partial charge in [-0.15, -0.1) is 0 Å². The summed E-state index contributed by atoms with van der Waals surface area (Å²) in [5.74, 6) is 1.23. The molecule has 0 unspecified atom stereocenters. The molecule has 1 heterocycles. The van der Waals surface area contributed by atoms with Crippen LogP contribution in [0.4, 0.5) is 0 Å². The highest BCUT2D eigenvalue weighted by molar-refractivity contribution is 5.77. The van der Waals surface area contributed by atoms with Gasteiger partial charge < -0.3 is 10.2 Å². The predicted octanol–water partition coefficient (Wildman–Crippen LogP) is 2.56. The Hall–Kier alpha value is -1.35. The Kier molecular flexibility index (Phi) is 5.18. The monoisotopic (exact) mass is 274 g/mol. The number of hydrogen-bond acceptors (Lipinski definition) is 2. The molecule has 1 aromatic rings. The molecule has 2 atom stereocenters. The van der Waals surface area contributed by atoms with Crippen molar-refractivity contribution in [1.29, 1.82) is 0 Å². The fourth-order valence-corrected chi connectivity index (χ4v) is 3.16. The van der Waals surface area contributed by atoms with Crippen LogP contribution in [0.2, 0.25) is 0 Å². The quantitative estimate of drug-likeness (QED) is 0.895. The molecule has 0 aromatic heterocycles. The summed E-state index contributed by atoms with van der Waals surface area (Å²) in [7, 11) is 1.98. The molecule has 3 heteroatoms. The van der Waals surface area contributed by atoms with Crippen LogP contribution >= 0.6 is 0 Å². The smallest absolute Gasteiger partial charge is 0.223 e. The van der Waals surface area contributed by atoms with Crippen molar-refractivity contribution >= 4 is 5.91 Å². The summed E-state index contributed by atoms with van der Waals surface area (Å²) in [6.45, 7) is 7.12. The second-order valence-corrected chi connectivity index (χ2v) is 6.01. The van der Waals surface area contributed by atoms with Gasteiger partial charge in [-0.25, -0.2) is 0 Å². The van der Waals surface area contributed by atoms with Crippen LogP contribution in [0, 0.1) is 12.8 Å². The van der Waals surface area contributed by atoms with Crippen LogP contribution in [-0.2, 0) is 4.79 Å². The van der Waals surface area contributed by atoms with Gasteiger partial charge in [0.1, 0.15) is 0 Å². The first-order chi connectivity index (χ1) is 9.61. The summed E-state index contributed by atoms with van der Waals surface area (Å²) in [5, 5.41) is 3.21. The fraction of sp³-hybridized carbons (Fsp3) is 0.588. The number of benzene rings is 1. The highest BCUT2D eigenvalue weighted by Crippen LogP contribution is 2.25. The van der Waals surface area contributed by atoms with E-state index in [1.165, 1.54) is 11.1 Å². The van der Waals surface area contributed by atoms with E-state index < -0.39 is 0 Å². The van der Waals surface area contributed by atoms with Gasteiger partial charge in [-0.1, -0.05) is 31.2 Å². The van der Waals surface area contributed by atoms with Crippen molar-refractivity contribution in [2.24, 2.45) is 5.92 Å². The molecule has 0 aliphatic carbocycles. The van der Waals surface area contributed by atoms with Gasteiger partial charge in [-0.2, -0.15) is 0 Å². The first kappa shape index (κ1) is 15.0. The van der Waals surface area contributed by atoms with E-state index in [0.29, 0.717) is 24.2 Å². The van der Waals surface area contributed by atoms with Gasteiger partial charge >= 0.3 is 0 Å². The standard InChI is InChI=1S/C17H26N2O/c1-13-6-4-5-7-16(13)14(2)10-17(20)19-9-8-15(12-19)11-18-3/h4-7,14-15,18H,8-12H2,1-3H3/t14-,15+/m1/s1. The van der Waals surface area contributed by atoms with Crippen LogP contribution in [0.3, 0.4) is 0 Å². The largest absolute Gasteiger partial charge is 0.342 e. The lowest BCUT2D eigenvalue weighted by atomic mass is 9.93. The summed E-state index contributed by atoms with van der Waals surface area (Å²) in [6.07, 6.45) is 1.75. The molecule has 0 saturated carbocycles. The van der Waals surface area contributed by atoms with Crippen molar-refractivity contribution in [3.8, 4) is 0 Å². The third-order valence-electron chi connectivity index (χ3n) is 4.33. The van der Waals surface area contributed by atoms with E-state index >= 15 is 0 Å². The fourth-order valence-electron chi connectivity index (χ4n) is 3.16. The molecule has 3 nitrogen and oxygen atoms in total. The van der Waals surface area contributed by atoms with Gasteiger partial charge in [0.15, 0.2) is 0 Å². The van der Waals surface area contributed by atoms with E-state index in [1.807, 2.05) is 11.9 Å². The number of likely N-dealkylation sites (tertiary alicyclic amines) is 1. The van der Waals surface area contributed by atoms with Gasteiger partial charge in [0.2, 0.25) is 5.91 Å². The number of carbonyl (C=O) groups is 1. The first-order valence-electron chi connectivity index (χ1n) is 7.59. The van der Waals surface area contributed by atoms with E-state index in [4.69, 9.17) is 0 Å². The molecule has 20 heavy (non-hydrogen) atoms. The number of nitrogens with zero attached hydrogens (tertiary/aromatic N) is 1. The van der Waals surface area contributed by atoms with Gasteiger partial charge in [-0.05, 0) is 49.9 Å². The molecule has 1 fully saturated rings. The lowest BCUT2D eigenvalue weighted by molar-refractivity contribution is -0.130. The highest BCUT2D eigenvalue weighted by atomic mass is 16.2. The van der Waals surface area contributed by atoms with Crippen molar-refractivity contribution in [2.45, 2.75) is 32.6 Å². The Morgan fingerprint density at radius 1 is 1.45 bits per heavy atom. The molecule has 1 aromatic carbocycles. The summed E-state index contributed by atoms with van der Waals surface area (Å²) in [6, 6.07) is 8.37. The third kappa shape index (κ3) is 3.60. The van der Waals surface area contributed by atoms with Gasteiger partial charge in [0.25, 0.3) is 0 Å². The summed E-state index contributed by atoms with van der Waals surface area (Å²) in [5.41, 5.74) is 2.58. The van der Waals surface area contributed by atoms with Crippen LogP contribution in [0.5, 0.6) is 0 Å². The van der Waals surface area contributed by atoms with E-state index in [-0.39, 0.29) is 0 Å². The zero-order chi connectivity index (χ0) is 14.5. The normalized spacial score (nSPS) is 20.1. The first-order valence-corrected chi connectivity index (χ1v) is 7.59. The Balaban J connectivity index is 1.90. The third-order valence-corrected chi connectivity index (χ3v) is 4.33. The molecule has 1 amide bonds. The summed E-state index contributed by atoms with van der Waals surface area (Å²) in [4.78, 5) is 14.4. The maximum absolute atomic E-state index is 12.4. The Morgan fingerprint density at radius 3 is 2.90 bits per heavy atom. The summed E-state index contributed by atoms with van der Waals surface area (Å²) < 4.78 is 0. The lowest BCUT2D eigenvalue weighted by Crippen LogP contribution is -2.31. The molecule has 1 saturated heterocycles. The van der Waals surface area contributed by atoms with E-state index in [2.05, 4.69) is 43.4 Å². The maximum Gasteiger partial charge on any atom is 0.223 e. The van der Waals surface area contributed by atoms with Crippen molar-refractivity contribution in [2.75, 3.05) is 26.7 Å². The highest BCUT2D eigenvalue weighted by Gasteiger charge is 2.26. The second kappa shape index (κ2) is 6.89. The Morgan fingerprint density at radius 2 is 2.20 bits per heavy atom. The van der Waals surface area contributed by atoms with Crippen LogP contribution in [0.15, 0.2) is 24.3 Å². The van der Waals surface area contributed by atoms with Crippen LogP contribution < -0.4 is 5.32 Å². The van der Waals surface area contributed by atoms with Crippen molar-refractivity contribution in [3.05, 3.63) is 35.4 Å². The second-order valence-electron chi connectivity index (χ2n) is 6.01. The van der Waals surface area contributed by atoms with Crippen LogP contribution in [0.25, 0.3) is 0 Å². The SMILES string of the molecule is CNC[C@@H]1CCN(C(=O)C[C@@H](C)c2ccccc2C)C1. The molecule has 110 valence electrons. The lowest BCUT2D eigenvalue weighted by Gasteiger charge is -2.20. The number of rotatable bonds is 5. The number of amides is 1. The zero-order valence-corrected chi connectivity index (χ0v) is 12.9. The average Bonchev–Trinajstić information content (AvgIpc) is 2.88. The maximum atomic E-state index is 12.4. The molecule has 0 radical (unpaired) electrons. The van der Waals surface area contributed by atoms with Crippen LogP contribution in [-0.4, -0.2) is 37.5 Å². The van der Waals surface area contributed by atoms with Gasteiger partial charge in [-0.3, -0.25) is 4.79 Å². The molecule has 1 aliphatic rings. The molecule has 2 rings (SSSR count). The number of aryl methyl sites for hydroxylation is 1.